The largest absolute Gasteiger partial charge is 0.393 e. The van der Waals surface area contributed by atoms with Crippen LogP contribution in [0.1, 0.15) is 39.0 Å². The third-order valence-corrected chi connectivity index (χ3v) is 3.47. The van der Waals surface area contributed by atoms with Gasteiger partial charge in [-0.1, -0.05) is 38.5 Å². The summed E-state index contributed by atoms with van der Waals surface area (Å²) in [6.07, 6.45) is 0. The number of hydrogen-bond donors (Lipinski definition) is 1. The first-order valence-electron chi connectivity index (χ1n) is 6.96. The molecule has 2 aromatic rings. The Bertz CT molecular complexity index is 669. The number of aryl methyl sites for hydroxylation is 1. The van der Waals surface area contributed by atoms with Crippen molar-refractivity contribution >= 4 is 5.69 Å². The standard InChI is InChI=1S/C16H23N3O/c1-6-18-14(16(3,4)5)13(17)15(20)19(18)12-9-7-11(2)8-10-12/h7-10H,6,17H2,1-5H3. The zero-order chi connectivity index (χ0) is 15.1. The fourth-order valence-corrected chi connectivity index (χ4v) is 2.60. The predicted octanol–water partition coefficient (Wildman–Crippen LogP) is 2.85. The molecule has 0 aliphatic carbocycles. The van der Waals surface area contributed by atoms with Crippen LogP contribution in [0.3, 0.4) is 0 Å². The summed E-state index contributed by atoms with van der Waals surface area (Å²) in [6.45, 7) is 11.0. The molecule has 0 saturated heterocycles. The summed E-state index contributed by atoms with van der Waals surface area (Å²) in [5, 5.41) is 0. The summed E-state index contributed by atoms with van der Waals surface area (Å²) >= 11 is 0. The van der Waals surface area contributed by atoms with Gasteiger partial charge < -0.3 is 5.73 Å². The number of benzene rings is 1. The van der Waals surface area contributed by atoms with E-state index < -0.39 is 0 Å². The van der Waals surface area contributed by atoms with Gasteiger partial charge in [0.05, 0.1) is 11.4 Å². The van der Waals surface area contributed by atoms with E-state index in [1.165, 1.54) is 5.56 Å². The number of anilines is 1. The fourth-order valence-electron chi connectivity index (χ4n) is 2.60. The van der Waals surface area contributed by atoms with Crippen molar-refractivity contribution in [3.05, 3.63) is 45.9 Å². The third kappa shape index (κ3) is 2.26. The molecule has 2 rings (SSSR count). The van der Waals surface area contributed by atoms with Crippen molar-refractivity contribution in [3.8, 4) is 5.69 Å². The molecule has 0 aliphatic rings. The van der Waals surface area contributed by atoms with Crippen LogP contribution < -0.4 is 11.3 Å². The molecule has 0 unspecified atom stereocenters. The second-order valence-corrected chi connectivity index (χ2v) is 6.18. The predicted molar refractivity (Wildman–Crippen MR) is 83.6 cm³/mol. The van der Waals surface area contributed by atoms with Crippen LogP contribution >= 0.6 is 0 Å². The summed E-state index contributed by atoms with van der Waals surface area (Å²) in [5.74, 6) is 0. The summed E-state index contributed by atoms with van der Waals surface area (Å²) in [6, 6.07) is 7.91. The Morgan fingerprint density at radius 2 is 1.70 bits per heavy atom. The minimum absolute atomic E-state index is 0.138. The number of nitrogens with zero attached hydrogens (tertiary/aromatic N) is 2. The number of rotatable bonds is 2. The lowest BCUT2D eigenvalue weighted by Gasteiger charge is -2.22. The van der Waals surface area contributed by atoms with Crippen LogP contribution in [0.2, 0.25) is 0 Å². The van der Waals surface area contributed by atoms with E-state index in [0.29, 0.717) is 12.2 Å². The van der Waals surface area contributed by atoms with Gasteiger partial charge in [-0.25, -0.2) is 4.68 Å². The topological polar surface area (TPSA) is 52.9 Å². The summed E-state index contributed by atoms with van der Waals surface area (Å²) in [4.78, 5) is 12.5. The Balaban J connectivity index is 2.78. The Labute approximate surface area is 119 Å². The molecule has 0 fully saturated rings. The van der Waals surface area contributed by atoms with Crippen LogP contribution in [0.25, 0.3) is 5.69 Å². The minimum atomic E-state index is -0.171. The normalized spacial score (nSPS) is 11.8. The zero-order valence-electron chi connectivity index (χ0n) is 12.9. The SMILES string of the molecule is CCn1c(C(C)(C)C)c(N)c(=O)n1-c1ccc(C)cc1. The summed E-state index contributed by atoms with van der Waals surface area (Å²) < 4.78 is 3.65. The van der Waals surface area contributed by atoms with Gasteiger partial charge in [0.15, 0.2) is 0 Å². The maximum Gasteiger partial charge on any atom is 0.294 e. The van der Waals surface area contributed by atoms with Gasteiger partial charge in [0, 0.05) is 12.0 Å². The first-order chi connectivity index (χ1) is 9.27. The molecule has 0 radical (unpaired) electrons. The first-order valence-corrected chi connectivity index (χ1v) is 6.96. The molecule has 20 heavy (non-hydrogen) atoms. The molecule has 1 aromatic carbocycles. The molecule has 108 valence electrons. The summed E-state index contributed by atoms with van der Waals surface area (Å²) in [5.41, 5.74) is 9.03. The van der Waals surface area contributed by atoms with Crippen molar-refractivity contribution in [2.24, 2.45) is 0 Å². The van der Waals surface area contributed by atoms with Gasteiger partial charge in [-0.2, -0.15) is 0 Å². The van der Waals surface area contributed by atoms with Crippen molar-refractivity contribution < 1.29 is 0 Å². The van der Waals surface area contributed by atoms with Crippen molar-refractivity contribution in [3.63, 3.8) is 0 Å². The molecule has 2 N–H and O–H groups in total. The van der Waals surface area contributed by atoms with Gasteiger partial charge in [0.2, 0.25) is 0 Å². The van der Waals surface area contributed by atoms with E-state index in [1.807, 2.05) is 42.8 Å². The van der Waals surface area contributed by atoms with Gasteiger partial charge in [-0.3, -0.25) is 9.48 Å². The van der Waals surface area contributed by atoms with Gasteiger partial charge in [-0.15, -0.1) is 0 Å². The van der Waals surface area contributed by atoms with Crippen LogP contribution in [0.4, 0.5) is 5.69 Å². The van der Waals surface area contributed by atoms with Crippen molar-refractivity contribution in [1.82, 2.24) is 9.36 Å². The Morgan fingerprint density at radius 1 is 1.15 bits per heavy atom. The molecular weight excluding hydrogens is 250 g/mol. The highest BCUT2D eigenvalue weighted by molar-refractivity contribution is 5.48. The molecular formula is C16H23N3O. The molecule has 0 saturated carbocycles. The van der Waals surface area contributed by atoms with Crippen LogP contribution in [0.5, 0.6) is 0 Å². The third-order valence-electron chi connectivity index (χ3n) is 3.47. The molecule has 1 heterocycles. The fraction of sp³-hybridized carbons (Fsp3) is 0.438. The number of hydrogen-bond acceptors (Lipinski definition) is 2. The average Bonchev–Trinajstić information content (AvgIpc) is 2.62. The summed E-state index contributed by atoms with van der Waals surface area (Å²) in [7, 11) is 0. The molecule has 4 nitrogen and oxygen atoms in total. The van der Waals surface area contributed by atoms with Crippen molar-refractivity contribution in [2.75, 3.05) is 5.73 Å². The van der Waals surface area contributed by atoms with E-state index in [0.717, 1.165) is 11.4 Å². The maximum atomic E-state index is 12.5. The lowest BCUT2D eigenvalue weighted by atomic mass is 9.91. The minimum Gasteiger partial charge on any atom is -0.393 e. The van der Waals surface area contributed by atoms with E-state index in [4.69, 9.17) is 5.73 Å². The highest BCUT2D eigenvalue weighted by Gasteiger charge is 2.27. The quantitative estimate of drug-likeness (QED) is 0.914. The van der Waals surface area contributed by atoms with Gasteiger partial charge >= 0.3 is 0 Å². The van der Waals surface area contributed by atoms with Gasteiger partial charge in [0.25, 0.3) is 5.56 Å². The average molecular weight is 273 g/mol. The van der Waals surface area contributed by atoms with Crippen molar-refractivity contribution in [1.29, 1.82) is 0 Å². The monoisotopic (exact) mass is 273 g/mol. The van der Waals surface area contributed by atoms with E-state index in [1.54, 1.807) is 4.68 Å². The number of nitrogen functional groups attached to an aromatic ring is 1. The molecule has 0 atom stereocenters. The Hall–Kier alpha value is -1.97. The van der Waals surface area contributed by atoms with E-state index in [9.17, 15) is 4.79 Å². The highest BCUT2D eigenvalue weighted by Crippen LogP contribution is 2.27. The van der Waals surface area contributed by atoms with Crippen LogP contribution in [0.15, 0.2) is 29.1 Å². The van der Waals surface area contributed by atoms with Gasteiger partial charge in [-0.05, 0) is 26.0 Å². The molecule has 4 heteroatoms. The van der Waals surface area contributed by atoms with Crippen LogP contribution in [-0.4, -0.2) is 9.36 Å². The second kappa shape index (κ2) is 4.85. The molecule has 0 bridgehead atoms. The number of nitrogens with two attached hydrogens (primary N) is 1. The second-order valence-electron chi connectivity index (χ2n) is 6.18. The van der Waals surface area contributed by atoms with E-state index in [-0.39, 0.29) is 11.0 Å². The highest BCUT2D eigenvalue weighted by atomic mass is 16.1. The lowest BCUT2D eigenvalue weighted by molar-refractivity contribution is 0.470. The van der Waals surface area contributed by atoms with Crippen LogP contribution in [-0.2, 0) is 12.0 Å². The number of aromatic nitrogens is 2. The lowest BCUT2D eigenvalue weighted by Crippen LogP contribution is -2.24. The Morgan fingerprint density at radius 3 is 2.15 bits per heavy atom. The first kappa shape index (κ1) is 14.4. The van der Waals surface area contributed by atoms with E-state index >= 15 is 0 Å². The zero-order valence-corrected chi connectivity index (χ0v) is 12.9. The molecule has 1 aromatic heterocycles. The molecule has 0 spiro atoms. The molecule has 0 amide bonds. The van der Waals surface area contributed by atoms with E-state index in [2.05, 4.69) is 20.8 Å². The van der Waals surface area contributed by atoms with Gasteiger partial charge in [0.1, 0.15) is 5.69 Å². The van der Waals surface area contributed by atoms with Crippen LogP contribution in [0, 0.1) is 6.92 Å². The van der Waals surface area contributed by atoms with Crippen molar-refractivity contribution in [2.45, 2.75) is 46.6 Å². The Kier molecular flexibility index (Phi) is 3.50. The molecule has 0 aliphatic heterocycles. The maximum absolute atomic E-state index is 12.5. The smallest absolute Gasteiger partial charge is 0.294 e.